The van der Waals surface area contributed by atoms with Gasteiger partial charge in [-0.1, -0.05) is 13.8 Å². The molecule has 0 atom stereocenters. The maximum Gasteiger partial charge on any atom is 0.243 e. The summed E-state index contributed by atoms with van der Waals surface area (Å²) in [4.78, 5) is 11.9. The molecule has 0 bridgehead atoms. The van der Waals surface area contributed by atoms with Crippen LogP contribution < -0.4 is 5.32 Å². The summed E-state index contributed by atoms with van der Waals surface area (Å²) in [6.45, 7) is 4.67. The maximum atomic E-state index is 12.9. The number of rotatable bonds is 5. The van der Waals surface area contributed by atoms with Gasteiger partial charge in [-0.3, -0.25) is 4.79 Å². The van der Waals surface area contributed by atoms with Gasteiger partial charge in [-0.2, -0.15) is 4.31 Å². The van der Waals surface area contributed by atoms with Gasteiger partial charge >= 0.3 is 0 Å². The Balaban J connectivity index is 1.93. The topological polar surface area (TPSA) is 66.5 Å². The van der Waals surface area contributed by atoms with E-state index in [2.05, 4.69) is 5.32 Å². The normalized spacial score (nSPS) is 17.4. The number of halogens is 1. The Labute approximate surface area is 136 Å². The fourth-order valence-electron chi connectivity index (χ4n) is 2.65. The molecule has 1 fully saturated rings. The van der Waals surface area contributed by atoms with Crippen LogP contribution in [0.25, 0.3) is 0 Å². The summed E-state index contributed by atoms with van der Waals surface area (Å²) < 4.78 is 39.3. The highest BCUT2D eigenvalue weighted by Gasteiger charge is 2.29. The zero-order valence-electron chi connectivity index (χ0n) is 13.5. The Morgan fingerprint density at radius 2 is 1.83 bits per heavy atom. The van der Waals surface area contributed by atoms with Crippen molar-refractivity contribution < 1.29 is 17.6 Å². The molecular weight excluding hydrogens is 319 g/mol. The van der Waals surface area contributed by atoms with Gasteiger partial charge in [0, 0.05) is 25.6 Å². The predicted octanol–water partition coefficient (Wildman–Crippen LogP) is 2.14. The lowest BCUT2D eigenvalue weighted by Crippen LogP contribution is -2.46. The summed E-state index contributed by atoms with van der Waals surface area (Å²) in [5, 5.41) is 2.96. The van der Waals surface area contributed by atoms with Crippen LogP contribution in [-0.4, -0.2) is 37.8 Å². The first kappa shape index (κ1) is 17.9. The second-order valence-corrected chi connectivity index (χ2v) is 8.24. The smallest absolute Gasteiger partial charge is 0.243 e. The zero-order valence-corrected chi connectivity index (χ0v) is 14.3. The van der Waals surface area contributed by atoms with Gasteiger partial charge in [0.25, 0.3) is 0 Å². The molecule has 0 aromatic heterocycles. The van der Waals surface area contributed by atoms with Gasteiger partial charge in [0.2, 0.25) is 15.9 Å². The molecule has 2 rings (SSSR count). The monoisotopic (exact) mass is 342 g/mol. The van der Waals surface area contributed by atoms with Gasteiger partial charge in [-0.15, -0.1) is 0 Å². The Kier molecular flexibility index (Phi) is 5.75. The third-order valence-corrected chi connectivity index (χ3v) is 5.78. The number of hydrogen-bond donors (Lipinski definition) is 1. The Morgan fingerprint density at radius 3 is 2.35 bits per heavy atom. The Morgan fingerprint density at radius 1 is 1.26 bits per heavy atom. The highest BCUT2D eigenvalue weighted by molar-refractivity contribution is 7.89. The number of piperidine rings is 1. The van der Waals surface area contributed by atoms with Gasteiger partial charge in [0.05, 0.1) is 4.90 Å². The first-order valence-electron chi connectivity index (χ1n) is 7.84. The van der Waals surface area contributed by atoms with Crippen molar-refractivity contribution in [1.82, 2.24) is 9.62 Å². The lowest BCUT2D eigenvalue weighted by atomic mass is 10.1. The number of amides is 1. The minimum absolute atomic E-state index is 0.0137. The van der Waals surface area contributed by atoms with Gasteiger partial charge < -0.3 is 5.32 Å². The van der Waals surface area contributed by atoms with Crippen LogP contribution in [0.2, 0.25) is 0 Å². The summed E-state index contributed by atoms with van der Waals surface area (Å²) in [5.41, 5.74) is 0. The van der Waals surface area contributed by atoms with Gasteiger partial charge in [0.1, 0.15) is 5.82 Å². The largest absolute Gasteiger partial charge is 0.353 e. The van der Waals surface area contributed by atoms with Crippen molar-refractivity contribution in [3.63, 3.8) is 0 Å². The lowest BCUT2D eigenvalue weighted by molar-refractivity contribution is -0.122. The van der Waals surface area contributed by atoms with E-state index in [4.69, 9.17) is 0 Å². The molecule has 0 aliphatic carbocycles. The highest BCUT2D eigenvalue weighted by Crippen LogP contribution is 2.21. The minimum Gasteiger partial charge on any atom is -0.353 e. The van der Waals surface area contributed by atoms with Crippen molar-refractivity contribution >= 4 is 15.9 Å². The fraction of sp³-hybridized carbons (Fsp3) is 0.562. The number of benzene rings is 1. The molecule has 1 aromatic carbocycles. The first-order valence-corrected chi connectivity index (χ1v) is 9.28. The molecule has 0 radical (unpaired) electrons. The average Bonchev–Trinajstić information content (AvgIpc) is 2.47. The van der Waals surface area contributed by atoms with Crippen LogP contribution in [0, 0.1) is 11.7 Å². The molecule has 1 heterocycles. The van der Waals surface area contributed by atoms with Crippen molar-refractivity contribution in [1.29, 1.82) is 0 Å². The Bertz CT molecular complexity index is 636. The Hall–Kier alpha value is -1.47. The molecule has 7 heteroatoms. The third kappa shape index (κ3) is 4.75. The number of hydrogen-bond acceptors (Lipinski definition) is 3. The molecule has 128 valence electrons. The number of nitrogens with zero attached hydrogens (tertiary/aromatic N) is 1. The van der Waals surface area contributed by atoms with Crippen LogP contribution in [-0.2, 0) is 14.8 Å². The summed E-state index contributed by atoms with van der Waals surface area (Å²) in [6, 6.07) is 4.86. The van der Waals surface area contributed by atoms with E-state index in [9.17, 15) is 17.6 Å². The van der Waals surface area contributed by atoms with E-state index < -0.39 is 15.8 Å². The minimum atomic E-state index is -3.60. The molecule has 1 aromatic rings. The van der Waals surface area contributed by atoms with Crippen molar-refractivity contribution in [2.75, 3.05) is 13.1 Å². The van der Waals surface area contributed by atoms with Crippen LogP contribution >= 0.6 is 0 Å². The molecule has 1 N–H and O–H groups in total. The number of carbonyl (C=O) groups is 1. The molecule has 0 unspecified atom stereocenters. The molecule has 1 amide bonds. The van der Waals surface area contributed by atoms with Gasteiger partial charge in [-0.05, 0) is 43.0 Å². The zero-order chi connectivity index (χ0) is 17.0. The summed E-state index contributed by atoms with van der Waals surface area (Å²) >= 11 is 0. The second-order valence-electron chi connectivity index (χ2n) is 6.30. The first-order chi connectivity index (χ1) is 10.8. The van der Waals surface area contributed by atoms with Crippen LogP contribution in [0.5, 0.6) is 0 Å². The second kappa shape index (κ2) is 7.40. The average molecular weight is 342 g/mol. The van der Waals surface area contributed by atoms with E-state index in [-0.39, 0.29) is 16.8 Å². The van der Waals surface area contributed by atoms with E-state index in [1.807, 2.05) is 13.8 Å². The predicted molar refractivity (Wildman–Crippen MR) is 85.8 cm³/mol. The fourth-order valence-corrected chi connectivity index (χ4v) is 4.12. The molecule has 0 saturated carbocycles. The third-order valence-electron chi connectivity index (χ3n) is 3.86. The van der Waals surface area contributed by atoms with Crippen molar-refractivity contribution in [2.24, 2.45) is 5.92 Å². The van der Waals surface area contributed by atoms with Gasteiger partial charge in [-0.25, -0.2) is 12.8 Å². The van der Waals surface area contributed by atoms with Crippen LogP contribution in [0.1, 0.15) is 33.1 Å². The van der Waals surface area contributed by atoms with Crippen molar-refractivity contribution in [3.8, 4) is 0 Å². The summed E-state index contributed by atoms with van der Waals surface area (Å²) in [5.74, 6) is -0.149. The quantitative estimate of drug-likeness (QED) is 0.891. The van der Waals surface area contributed by atoms with Crippen LogP contribution in [0.15, 0.2) is 29.2 Å². The molecule has 23 heavy (non-hydrogen) atoms. The van der Waals surface area contributed by atoms with Crippen molar-refractivity contribution in [3.05, 3.63) is 30.1 Å². The van der Waals surface area contributed by atoms with Gasteiger partial charge in [0.15, 0.2) is 0 Å². The number of sulfonamides is 1. The van der Waals surface area contributed by atoms with Crippen LogP contribution in [0.4, 0.5) is 4.39 Å². The maximum absolute atomic E-state index is 12.9. The standard InChI is InChI=1S/C16H23FN2O3S/c1-12(2)11-16(20)18-14-7-9-19(10-8-14)23(21,22)15-5-3-13(17)4-6-15/h3-6,12,14H,7-11H2,1-2H3,(H,18,20). The van der Waals surface area contributed by atoms with E-state index in [0.29, 0.717) is 38.3 Å². The van der Waals surface area contributed by atoms with E-state index in [0.717, 1.165) is 12.1 Å². The van der Waals surface area contributed by atoms with E-state index in [1.165, 1.54) is 16.4 Å². The molecule has 0 spiro atoms. The van der Waals surface area contributed by atoms with Crippen molar-refractivity contribution in [2.45, 2.75) is 44.0 Å². The molecule has 5 nitrogen and oxygen atoms in total. The van der Waals surface area contributed by atoms with Crippen LogP contribution in [0.3, 0.4) is 0 Å². The summed E-state index contributed by atoms with van der Waals surface area (Å²) in [7, 11) is -3.60. The number of nitrogens with one attached hydrogen (secondary N) is 1. The highest BCUT2D eigenvalue weighted by atomic mass is 32.2. The number of carbonyl (C=O) groups excluding carboxylic acids is 1. The SMILES string of the molecule is CC(C)CC(=O)NC1CCN(S(=O)(=O)c2ccc(F)cc2)CC1. The molecule has 1 saturated heterocycles. The molecular formula is C16H23FN2O3S. The summed E-state index contributed by atoms with van der Waals surface area (Å²) in [6.07, 6.45) is 1.66. The molecule has 1 aliphatic heterocycles. The lowest BCUT2D eigenvalue weighted by Gasteiger charge is -2.31. The molecule has 1 aliphatic rings. The van der Waals surface area contributed by atoms with E-state index in [1.54, 1.807) is 0 Å². The van der Waals surface area contributed by atoms with E-state index >= 15 is 0 Å².